The van der Waals surface area contributed by atoms with Crippen molar-refractivity contribution in [3.63, 3.8) is 0 Å². The lowest BCUT2D eigenvalue weighted by Gasteiger charge is -2.72. The maximum absolute atomic E-state index is 12.3. The van der Waals surface area contributed by atoms with Gasteiger partial charge in [0.25, 0.3) is 0 Å². The van der Waals surface area contributed by atoms with E-state index in [1.165, 1.54) is 52.1 Å². The van der Waals surface area contributed by atoms with Gasteiger partial charge in [0.1, 0.15) is 0 Å². The minimum atomic E-state index is -0.0911. The molecular formula is C23H35NO3. The lowest BCUT2D eigenvalue weighted by atomic mass is 9.33. The number of carbonyl (C=O) groups is 1. The van der Waals surface area contributed by atoms with Crippen molar-refractivity contribution in [2.45, 2.75) is 90.3 Å². The van der Waals surface area contributed by atoms with Crippen LogP contribution in [0.2, 0.25) is 0 Å². The van der Waals surface area contributed by atoms with Crippen LogP contribution >= 0.6 is 0 Å². The second-order valence-corrected chi connectivity index (χ2v) is 11.2. The second kappa shape index (κ2) is 4.92. The number of esters is 1. The van der Waals surface area contributed by atoms with E-state index in [0.29, 0.717) is 35.1 Å². The zero-order valence-corrected chi connectivity index (χ0v) is 17.4. The maximum atomic E-state index is 12.3. The lowest BCUT2D eigenvalue weighted by molar-refractivity contribution is -0.268. The van der Waals surface area contributed by atoms with Crippen LogP contribution in [-0.2, 0) is 14.4 Å². The Bertz CT molecular complexity index is 708. The largest absolute Gasteiger partial charge is 0.469 e. The summed E-state index contributed by atoms with van der Waals surface area (Å²) in [5.74, 6) is 2.69. The SMILES string of the molecule is COC(=O)CC[C@]12[C@@H]3CCC[C@@]34CCC3[C@H]4N4O[C@@]41[C@@H](C(C)C)CC[C@@]32C. The van der Waals surface area contributed by atoms with Crippen molar-refractivity contribution < 1.29 is 14.4 Å². The van der Waals surface area contributed by atoms with Gasteiger partial charge in [0.15, 0.2) is 5.72 Å². The Hall–Kier alpha value is -0.610. The van der Waals surface area contributed by atoms with Gasteiger partial charge in [-0.1, -0.05) is 27.2 Å². The Kier molecular flexibility index (Phi) is 3.15. The van der Waals surface area contributed by atoms with Gasteiger partial charge in [0.05, 0.1) is 7.11 Å². The van der Waals surface area contributed by atoms with Gasteiger partial charge in [-0.05, 0) is 73.5 Å². The Labute approximate surface area is 163 Å². The van der Waals surface area contributed by atoms with Crippen LogP contribution in [0.25, 0.3) is 0 Å². The molecule has 27 heavy (non-hydrogen) atoms. The van der Waals surface area contributed by atoms with Gasteiger partial charge in [-0.2, -0.15) is 0 Å². The Morgan fingerprint density at radius 1 is 1.22 bits per heavy atom. The normalized spacial score (nSPS) is 58.9. The molecule has 4 heteroatoms. The smallest absolute Gasteiger partial charge is 0.305 e. The van der Waals surface area contributed by atoms with E-state index in [2.05, 4.69) is 25.8 Å². The lowest BCUT2D eigenvalue weighted by Crippen LogP contribution is -2.77. The molecule has 0 aromatic rings. The van der Waals surface area contributed by atoms with Crippen LogP contribution in [0.15, 0.2) is 0 Å². The fourth-order valence-corrected chi connectivity index (χ4v) is 10.2. The number of hydrogen-bond donors (Lipinski definition) is 0. The molecule has 3 heterocycles. The Balaban J connectivity index is 1.56. The first-order valence-electron chi connectivity index (χ1n) is 11.4. The molecule has 7 rings (SSSR count). The van der Waals surface area contributed by atoms with E-state index in [1.807, 2.05) is 0 Å². The maximum Gasteiger partial charge on any atom is 0.305 e. The molecule has 2 spiro atoms. The highest BCUT2D eigenvalue weighted by Crippen LogP contribution is 2.89. The molecule has 0 N–H and O–H groups in total. The van der Waals surface area contributed by atoms with Crippen LogP contribution < -0.4 is 0 Å². The second-order valence-electron chi connectivity index (χ2n) is 11.2. The number of hydrogen-bond acceptors (Lipinski definition) is 4. The van der Waals surface area contributed by atoms with Crippen molar-refractivity contribution in [2.24, 2.45) is 39.9 Å². The molecule has 0 amide bonds. The molecule has 3 aliphatic heterocycles. The molecule has 4 aliphatic carbocycles. The molecule has 9 atom stereocenters. The number of piperidine rings is 2. The van der Waals surface area contributed by atoms with Gasteiger partial charge in [-0.25, -0.2) is 0 Å². The van der Waals surface area contributed by atoms with Crippen LogP contribution in [-0.4, -0.2) is 29.9 Å². The van der Waals surface area contributed by atoms with Crippen molar-refractivity contribution in [3.05, 3.63) is 0 Å². The van der Waals surface area contributed by atoms with E-state index in [9.17, 15) is 4.79 Å². The fourth-order valence-electron chi connectivity index (χ4n) is 10.2. The highest BCUT2D eigenvalue weighted by atomic mass is 16.9. The van der Waals surface area contributed by atoms with E-state index in [0.717, 1.165) is 18.3 Å². The van der Waals surface area contributed by atoms with Crippen molar-refractivity contribution in [3.8, 4) is 0 Å². The van der Waals surface area contributed by atoms with Gasteiger partial charge in [-0.3, -0.25) is 9.63 Å². The first kappa shape index (κ1) is 17.3. The first-order chi connectivity index (χ1) is 12.9. The van der Waals surface area contributed by atoms with Crippen molar-refractivity contribution >= 4 is 5.97 Å². The standard InChI is InChI=1S/C23H35NO3/c1-14(2)15-7-11-20(3)16-8-12-21-10-5-6-17(21)22(20,13-9-18(25)26-4)23(15)24(27-23)19(16)21/h14-17,19H,5-13H2,1-4H3/t15-,16?,17-,19-,20+,21-,22-,23-,24?/m1/s1. The summed E-state index contributed by atoms with van der Waals surface area (Å²) in [6, 6.07) is 0.650. The highest BCUT2D eigenvalue weighted by Gasteiger charge is 2.93. The van der Waals surface area contributed by atoms with E-state index >= 15 is 0 Å². The third-order valence-electron chi connectivity index (χ3n) is 10.8. The zero-order chi connectivity index (χ0) is 18.8. The molecule has 6 bridgehead atoms. The van der Waals surface area contributed by atoms with Crippen LogP contribution in [0.4, 0.5) is 0 Å². The van der Waals surface area contributed by atoms with Crippen LogP contribution in [0.1, 0.15) is 78.6 Å². The summed E-state index contributed by atoms with van der Waals surface area (Å²) in [5, 5.41) is 2.54. The first-order valence-corrected chi connectivity index (χ1v) is 11.4. The fraction of sp³-hybridized carbons (Fsp3) is 0.957. The van der Waals surface area contributed by atoms with Gasteiger partial charge in [0, 0.05) is 23.8 Å². The van der Waals surface area contributed by atoms with Crippen LogP contribution in [0.5, 0.6) is 0 Å². The van der Waals surface area contributed by atoms with Gasteiger partial charge in [-0.15, -0.1) is 5.06 Å². The number of carbonyl (C=O) groups excluding carboxylic acids is 1. The number of nitrogens with zero attached hydrogens (tertiary/aromatic N) is 1. The molecule has 3 saturated heterocycles. The third kappa shape index (κ3) is 1.53. The zero-order valence-electron chi connectivity index (χ0n) is 17.4. The number of ether oxygens (including phenoxy) is 1. The van der Waals surface area contributed by atoms with Crippen LogP contribution in [0, 0.1) is 39.9 Å². The molecule has 7 aliphatic rings. The molecule has 2 unspecified atom stereocenters. The van der Waals surface area contributed by atoms with Gasteiger partial charge in [0.2, 0.25) is 0 Å². The number of hydroxylamine groups is 2. The predicted molar refractivity (Wildman–Crippen MR) is 101 cm³/mol. The quantitative estimate of drug-likeness (QED) is 0.536. The summed E-state index contributed by atoms with van der Waals surface area (Å²) in [5.41, 5.74) is 0.832. The minimum Gasteiger partial charge on any atom is -0.469 e. The molecule has 4 saturated carbocycles. The van der Waals surface area contributed by atoms with Gasteiger partial charge >= 0.3 is 5.97 Å². The molecule has 0 radical (unpaired) electrons. The Morgan fingerprint density at radius 3 is 2.78 bits per heavy atom. The highest BCUT2D eigenvalue weighted by molar-refractivity contribution is 5.69. The summed E-state index contributed by atoms with van der Waals surface area (Å²) in [6.07, 6.45) is 11.0. The minimum absolute atomic E-state index is 0.0390. The van der Waals surface area contributed by atoms with Crippen molar-refractivity contribution in [2.75, 3.05) is 7.11 Å². The number of methoxy groups -OCH3 is 1. The Morgan fingerprint density at radius 2 is 2.04 bits per heavy atom. The topological polar surface area (TPSA) is 41.8 Å². The summed E-state index contributed by atoms with van der Waals surface area (Å²) < 4.78 is 5.11. The van der Waals surface area contributed by atoms with Crippen molar-refractivity contribution in [1.82, 2.24) is 5.06 Å². The predicted octanol–water partition coefficient (Wildman–Crippen LogP) is 4.53. The van der Waals surface area contributed by atoms with E-state index in [1.54, 1.807) is 0 Å². The van der Waals surface area contributed by atoms with E-state index in [4.69, 9.17) is 9.57 Å². The molecule has 150 valence electrons. The van der Waals surface area contributed by atoms with E-state index < -0.39 is 0 Å². The summed E-state index contributed by atoms with van der Waals surface area (Å²) in [6.45, 7) is 7.38. The summed E-state index contributed by atoms with van der Waals surface area (Å²) in [7, 11) is 1.54. The average molecular weight is 374 g/mol. The summed E-state index contributed by atoms with van der Waals surface area (Å²) >= 11 is 0. The summed E-state index contributed by atoms with van der Waals surface area (Å²) in [4.78, 5) is 19.1. The average Bonchev–Trinajstić information content (AvgIpc) is 3.05. The molecule has 4 nitrogen and oxygen atoms in total. The number of rotatable bonds is 4. The molecule has 0 aromatic carbocycles. The monoisotopic (exact) mass is 373 g/mol. The molecule has 0 aromatic heterocycles. The van der Waals surface area contributed by atoms with Crippen LogP contribution in [0.3, 0.4) is 0 Å². The van der Waals surface area contributed by atoms with Gasteiger partial charge < -0.3 is 4.74 Å². The molecular weight excluding hydrogens is 338 g/mol. The van der Waals surface area contributed by atoms with E-state index in [-0.39, 0.29) is 17.1 Å². The molecule has 7 fully saturated rings. The third-order valence-corrected chi connectivity index (χ3v) is 10.8. The van der Waals surface area contributed by atoms with Crippen molar-refractivity contribution in [1.29, 1.82) is 0 Å².